The van der Waals surface area contributed by atoms with Gasteiger partial charge < -0.3 is 14.6 Å². The molecule has 1 N–H and O–H groups in total. The van der Waals surface area contributed by atoms with Crippen molar-refractivity contribution in [2.45, 2.75) is 74.1 Å². The second-order valence-corrected chi connectivity index (χ2v) is 11.5. The number of fused-ring (bicyclic) bond motifs is 1. The lowest BCUT2D eigenvalue weighted by Crippen LogP contribution is -2.51. The summed E-state index contributed by atoms with van der Waals surface area (Å²) >= 11 is 0. The zero-order chi connectivity index (χ0) is 26.5. The summed E-state index contributed by atoms with van der Waals surface area (Å²) in [5.41, 5.74) is -1.46. The number of hydrogen-bond acceptors (Lipinski definition) is 6. The molecule has 0 saturated carbocycles. The molecule has 3 rings (SSSR count). The molecule has 0 spiro atoms. The average Bonchev–Trinajstić information content (AvgIpc) is 2.74. The highest BCUT2D eigenvalue weighted by Crippen LogP contribution is 2.57. The Morgan fingerprint density at radius 2 is 1.77 bits per heavy atom. The lowest BCUT2D eigenvalue weighted by molar-refractivity contribution is -0.144. The van der Waals surface area contributed by atoms with Gasteiger partial charge in [0.15, 0.2) is 17.3 Å². The summed E-state index contributed by atoms with van der Waals surface area (Å²) in [7, 11) is 0. The smallest absolute Gasteiger partial charge is 0.175 e. The highest BCUT2D eigenvalue weighted by Gasteiger charge is 2.57. The highest BCUT2D eigenvalue weighted by molar-refractivity contribution is 6.20. The molecule has 0 saturated heterocycles. The van der Waals surface area contributed by atoms with Crippen LogP contribution in [0.1, 0.15) is 90.1 Å². The molecule has 1 aliphatic carbocycles. The van der Waals surface area contributed by atoms with Crippen molar-refractivity contribution < 1.29 is 29.0 Å². The van der Waals surface area contributed by atoms with E-state index in [9.17, 15) is 19.5 Å². The topological polar surface area (TPSA) is 89.9 Å². The fraction of sp³-hybridized carbons (Fsp3) is 0.552. The van der Waals surface area contributed by atoms with Gasteiger partial charge >= 0.3 is 0 Å². The Hall–Kier alpha value is -3.07. The summed E-state index contributed by atoms with van der Waals surface area (Å²) in [5, 5.41) is 11.5. The van der Waals surface area contributed by atoms with Gasteiger partial charge in [0.25, 0.3) is 0 Å². The Morgan fingerprint density at radius 3 is 2.31 bits per heavy atom. The first kappa shape index (κ1) is 26.5. The van der Waals surface area contributed by atoms with Crippen LogP contribution in [0.2, 0.25) is 0 Å². The third-order valence-corrected chi connectivity index (χ3v) is 6.83. The van der Waals surface area contributed by atoms with Gasteiger partial charge in [-0.3, -0.25) is 14.4 Å². The first-order chi connectivity index (χ1) is 16.2. The van der Waals surface area contributed by atoms with Crippen LogP contribution in [0.5, 0.6) is 17.2 Å². The summed E-state index contributed by atoms with van der Waals surface area (Å²) in [6, 6.07) is 1.56. The number of benzene rings is 1. The third-order valence-electron chi connectivity index (χ3n) is 6.83. The molecule has 1 aromatic carbocycles. The molecule has 6 nitrogen and oxygen atoms in total. The van der Waals surface area contributed by atoms with Crippen LogP contribution in [-0.4, -0.2) is 29.1 Å². The van der Waals surface area contributed by atoms with Gasteiger partial charge in [-0.05, 0) is 46.0 Å². The van der Waals surface area contributed by atoms with Gasteiger partial charge in [0.2, 0.25) is 0 Å². The molecule has 1 unspecified atom stereocenters. The second-order valence-electron chi connectivity index (χ2n) is 11.5. The minimum Gasteiger partial charge on any atom is -0.507 e. The number of terminal acetylenes is 1. The van der Waals surface area contributed by atoms with E-state index in [2.05, 4.69) is 5.92 Å². The van der Waals surface area contributed by atoms with Crippen LogP contribution in [0.3, 0.4) is 0 Å². The molecule has 1 atom stereocenters. The molecule has 0 amide bonds. The van der Waals surface area contributed by atoms with Crippen LogP contribution in [0.25, 0.3) is 0 Å². The number of phenols is 1. The Balaban J connectivity index is 2.35. The van der Waals surface area contributed by atoms with Crippen molar-refractivity contribution in [2.75, 3.05) is 6.61 Å². The summed E-state index contributed by atoms with van der Waals surface area (Å²) < 4.78 is 11.9. The Labute approximate surface area is 208 Å². The van der Waals surface area contributed by atoms with Crippen molar-refractivity contribution in [3.63, 3.8) is 0 Å². The van der Waals surface area contributed by atoms with E-state index in [1.54, 1.807) is 33.8 Å². The first-order valence-corrected chi connectivity index (χ1v) is 12.2. The van der Waals surface area contributed by atoms with E-state index in [4.69, 9.17) is 15.9 Å². The van der Waals surface area contributed by atoms with E-state index in [0.717, 1.165) is 0 Å². The molecule has 1 heterocycles. The number of rotatable bonds is 7. The van der Waals surface area contributed by atoms with E-state index in [0.29, 0.717) is 23.3 Å². The Bertz CT molecular complexity index is 1160. The standard InChI is InChI=1S/C29H36O6/c1-10-11-34-19-14-20-21(24(31)23(19)18(30)13-16(4)5)17(12-15(2)3)22-25(32)28(6,7)27(33)29(8,9)26(22)35-20/h1,14-17,31H,11-13H2,2-9H3. The van der Waals surface area contributed by atoms with Gasteiger partial charge in [0.1, 0.15) is 35.2 Å². The number of carbonyl (C=O) groups excluding carboxylic acids is 3. The summed E-state index contributed by atoms with van der Waals surface area (Å²) in [6.45, 7) is 14.6. The van der Waals surface area contributed by atoms with Crippen LogP contribution >= 0.6 is 0 Å². The SMILES string of the molecule is C#CCOc1cc2c(c(O)c1C(=O)CC(C)C)C(CC(C)C)C1=C(O2)C(C)(C)C(=O)C(C)(C)C1=O. The molecule has 1 aliphatic heterocycles. The van der Waals surface area contributed by atoms with Crippen LogP contribution in [0.4, 0.5) is 0 Å². The number of hydrogen-bond donors (Lipinski definition) is 1. The van der Waals surface area contributed by atoms with Crippen molar-refractivity contribution in [2.24, 2.45) is 22.7 Å². The maximum absolute atomic E-state index is 13.7. The molecule has 0 bridgehead atoms. The normalized spacial score (nSPS) is 20.3. The van der Waals surface area contributed by atoms with Gasteiger partial charge in [-0.1, -0.05) is 33.6 Å². The number of phenolic OH excluding ortho intramolecular Hbond substituents is 1. The van der Waals surface area contributed by atoms with Crippen LogP contribution in [0, 0.1) is 35.0 Å². The van der Waals surface area contributed by atoms with E-state index >= 15 is 0 Å². The maximum Gasteiger partial charge on any atom is 0.175 e. The van der Waals surface area contributed by atoms with Gasteiger partial charge in [-0.25, -0.2) is 0 Å². The van der Waals surface area contributed by atoms with Crippen molar-refractivity contribution in [3.8, 4) is 29.6 Å². The van der Waals surface area contributed by atoms with Crippen LogP contribution in [-0.2, 0) is 9.59 Å². The molecular formula is C29H36O6. The molecular weight excluding hydrogens is 444 g/mol. The lowest BCUT2D eigenvalue weighted by Gasteiger charge is -2.45. The fourth-order valence-electron chi connectivity index (χ4n) is 5.26. The zero-order valence-corrected chi connectivity index (χ0v) is 22.0. The van der Waals surface area contributed by atoms with Gasteiger partial charge in [-0.15, -0.1) is 6.42 Å². The number of carbonyl (C=O) groups is 3. The molecule has 1 aromatic rings. The quantitative estimate of drug-likeness (QED) is 0.310. The van der Waals surface area contributed by atoms with Crippen LogP contribution < -0.4 is 9.47 Å². The maximum atomic E-state index is 13.7. The highest BCUT2D eigenvalue weighted by atomic mass is 16.5. The van der Waals surface area contributed by atoms with Crippen molar-refractivity contribution in [1.82, 2.24) is 0 Å². The minimum absolute atomic E-state index is 0.0481. The van der Waals surface area contributed by atoms with Crippen molar-refractivity contribution in [3.05, 3.63) is 28.5 Å². The molecule has 0 fully saturated rings. The molecule has 0 aromatic heterocycles. The fourth-order valence-corrected chi connectivity index (χ4v) is 5.26. The van der Waals surface area contributed by atoms with Gasteiger partial charge in [-0.2, -0.15) is 0 Å². The van der Waals surface area contributed by atoms with Crippen LogP contribution in [0.15, 0.2) is 17.4 Å². The molecule has 35 heavy (non-hydrogen) atoms. The molecule has 6 heteroatoms. The summed E-state index contributed by atoms with van der Waals surface area (Å²) in [4.78, 5) is 40.2. The zero-order valence-electron chi connectivity index (χ0n) is 22.0. The van der Waals surface area contributed by atoms with Gasteiger partial charge in [0, 0.05) is 29.5 Å². The van der Waals surface area contributed by atoms with E-state index in [1.165, 1.54) is 0 Å². The van der Waals surface area contributed by atoms with E-state index < -0.39 is 16.7 Å². The molecule has 0 radical (unpaired) electrons. The first-order valence-electron chi connectivity index (χ1n) is 12.2. The monoisotopic (exact) mass is 480 g/mol. The third kappa shape index (κ3) is 4.37. The van der Waals surface area contributed by atoms with Crippen molar-refractivity contribution in [1.29, 1.82) is 0 Å². The Morgan fingerprint density at radius 1 is 1.14 bits per heavy atom. The summed E-state index contributed by atoms with van der Waals surface area (Å²) in [6.07, 6.45) is 6.11. The average molecular weight is 481 g/mol. The number of allylic oxidation sites excluding steroid dienone is 2. The van der Waals surface area contributed by atoms with E-state index in [-0.39, 0.29) is 65.0 Å². The molecule has 188 valence electrons. The predicted molar refractivity (Wildman–Crippen MR) is 134 cm³/mol. The summed E-state index contributed by atoms with van der Waals surface area (Å²) in [5.74, 6) is 1.69. The van der Waals surface area contributed by atoms with Crippen molar-refractivity contribution >= 4 is 17.3 Å². The number of Topliss-reactive ketones (excluding diaryl/α,β-unsaturated/α-hetero) is 3. The number of ketones is 3. The largest absolute Gasteiger partial charge is 0.507 e. The minimum atomic E-state index is -1.24. The second kappa shape index (κ2) is 9.18. The number of aromatic hydroxyl groups is 1. The predicted octanol–water partition coefficient (Wildman–Crippen LogP) is 5.61. The number of ether oxygens (including phenoxy) is 2. The van der Waals surface area contributed by atoms with E-state index in [1.807, 2.05) is 27.7 Å². The Kier molecular flexibility index (Phi) is 6.96. The molecule has 2 aliphatic rings. The lowest BCUT2D eigenvalue weighted by atomic mass is 9.59. The van der Waals surface area contributed by atoms with Gasteiger partial charge in [0.05, 0.1) is 10.8 Å².